The molecule has 1 aliphatic rings. The third-order valence-electron chi connectivity index (χ3n) is 3.76. The summed E-state index contributed by atoms with van der Waals surface area (Å²) in [7, 11) is 0. The van der Waals surface area contributed by atoms with Crippen molar-refractivity contribution < 1.29 is 4.79 Å². The molecule has 0 aromatic heterocycles. The molecule has 0 spiro atoms. The van der Waals surface area contributed by atoms with Crippen LogP contribution in [0.1, 0.15) is 17.9 Å². The van der Waals surface area contributed by atoms with Gasteiger partial charge in [0.1, 0.15) is 0 Å². The number of nitrogens with zero attached hydrogens (tertiary/aromatic N) is 1. The molecule has 3 rings (SSSR count). The molecule has 0 unspecified atom stereocenters. The Labute approximate surface area is 127 Å². The number of benzene rings is 2. The van der Waals surface area contributed by atoms with E-state index in [1.165, 1.54) is 11.8 Å². The summed E-state index contributed by atoms with van der Waals surface area (Å²) in [6, 6.07) is 16.4. The van der Waals surface area contributed by atoms with Gasteiger partial charge in [0.2, 0.25) is 5.91 Å². The van der Waals surface area contributed by atoms with Crippen molar-refractivity contribution in [3.05, 3.63) is 58.6 Å². The maximum atomic E-state index is 11.9. The van der Waals surface area contributed by atoms with Gasteiger partial charge < -0.3 is 5.32 Å². The van der Waals surface area contributed by atoms with E-state index in [0.717, 1.165) is 16.3 Å². The molecule has 21 heavy (non-hydrogen) atoms. The summed E-state index contributed by atoms with van der Waals surface area (Å²) in [6.45, 7) is 0. The average molecular weight is 294 g/mol. The fraction of sp³-hybridized carbons (Fsp3) is 0.176. The molecular weight excluding hydrogens is 280 g/mol. The predicted molar refractivity (Wildman–Crippen MR) is 85.6 cm³/mol. The SMILES string of the molecule is CSC1=C(C#N)[C@@H](c2cccc3ccccc23)CC(=O)N1. The fourth-order valence-corrected chi connectivity index (χ4v) is 3.42. The lowest BCUT2D eigenvalue weighted by atomic mass is 9.84. The van der Waals surface area contributed by atoms with Crippen LogP contribution in [0.15, 0.2) is 53.1 Å². The van der Waals surface area contributed by atoms with Crippen LogP contribution in [-0.4, -0.2) is 12.2 Å². The van der Waals surface area contributed by atoms with Crippen LogP contribution in [0.4, 0.5) is 0 Å². The van der Waals surface area contributed by atoms with Gasteiger partial charge in [-0.05, 0) is 22.6 Å². The van der Waals surface area contributed by atoms with Crippen molar-refractivity contribution in [2.75, 3.05) is 6.26 Å². The normalized spacial score (nSPS) is 18.5. The van der Waals surface area contributed by atoms with Gasteiger partial charge >= 0.3 is 0 Å². The number of carbonyl (C=O) groups is 1. The van der Waals surface area contributed by atoms with Crippen LogP contribution in [0.25, 0.3) is 10.8 Å². The zero-order valence-electron chi connectivity index (χ0n) is 11.6. The van der Waals surface area contributed by atoms with Crippen molar-refractivity contribution in [1.29, 1.82) is 5.26 Å². The molecule has 0 aliphatic carbocycles. The molecular formula is C17H14N2OS. The van der Waals surface area contributed by atoms with Gasteiger partial charge in [-0.25, -0.2) is 0 Å². The first kappa shape index (κ1) is 13.7. The summed E-state index contributed by atoms with van der Waals surface area (Å²) < 4.78 is 0. The first-order chi connectivity index (χ1) is 10.2. The van der Waals surface area contributed by atoms with E-state index in [-0.39, 0.29) is 11.8 Å². The van der Waals surface area contributed by atoms with E-state index in [9.17, 15) is 10.1 Å². The number of rotatable bonds is 2. The minimum Gasteiger partial charge on any atom is -0.320 e. The molecule has 1 N–H and O–H groups in total. The lowest BCUT2D eigenvalue weighted by Gasteiger charge is -2.25. The molecule has 1 atom stereocenters. The molecule has 104 valence electrons. The first-order valence-electron chi connectivity index (χ1n) is 6.70. The minimum absolute atomic E-state index is 0.0312. The molecule has 1 amide bonds. The van der Waals surface area contributed by atoms with Crippen LogP contribution in [0.3, 0.4) is 0 Å². The fourth-order valence-electron chi connectivity index (χ4n) is 2.80. The number of fused-ring (bicyclic) bond motifs is 1. The summed E-state index contributed by atoms with van der Waals surface area (Å²) in [4.78, 5) is 11.9. The topological polar surface area (TPSA) is 52.9 Å². The zero-order valence-corrected chi connectivity index (χ0v) is 12.4. The van der Waals surface area contributed by atoms with Crippen LogP contribution in [-0.2, 0) is 4.79 Å². The molecule has 2 aromatic carbocycles. The van der Waals surface area contributed by atoms with E-state index in [0.29, 0.717) is 17.0 Å². The Balaban J connectivity index is 2.21. The lowest BCUT2D eigenvalue weighted by Crippen LogP contribution is -2.30. The van der Waals surface area contributed by atoms with Crippen molar-refractivity contribution in [1.82, 2.24) is 5.32 Å². The largest absolute Gasteiger partial charge is 0.320 e. The Morgan fingerprint density at radius 3 is 2.76 bits per heavy atom. The molecule has 0 fully saturated rings. The zero-order chi connectivity index (χ0) is 14.8. The van der Waals surface area contributed by atoms with Gasteiger partial charge in [0.15, 0.2) is 0 Å². The second-order valence-electron chi connectivity index (χ2n) is 4.93. The summed E-state index contributed by atoms with van der Waals surface area (Å²) in [5, 5.41) is 15.2. The second kappa shape index (κ2) is 5.63. The van der Waals surface area contributed by atoms with Gasteiger partial charge in [-0.2, -0.15) is 5.26 Å². The summed E-state index contributed by atoms with van der Waals surface area (Å²) in [5.41, 5.74) is 1.70. The van der Waals surface area contributed by atoms with Crippen molar-refractivity contribution in [2.24, 2.45) is 0 Å². The number of allylic oxidation sites excluding steroid dienone is 1. The highest BCUT2D eigenvalue weighted by atomic mass is 32.2. The van der Waals surface area contributed by atoms with Crippen LogP contribution in [0.5, 0.6) is 0 Å². The minimum atomic E-state index is -0.169. The van der Waals surface area contributed by atoms with Crippen LogP contribution >= 0.6 is 11.8 Å². The number of hydrogen-bond acceptors (Lipinski definition) is 3. The van der Waals surface area contributed by atoms with E-state index >= 15 is 0 Å². The number of nitrogens with one attached hydrogen (secondary N) is 1. The molecule has 0 saturated heterocycles. The summed E-state index contributed by atoms with van der Waals surface area (Å²) in [5.74, 6) is -0.200. The molecule has 1 heterocycles. The Bertz CT molecular complexity index is 783. The maximum Gasteiger partial charge on any atom is 0.225 e. The van der Waals surface area contributed by atoms with Crippen LogP contribution < -0.4 is 5.32 Å². The first-order valence-corrected chi connectivity index (χ1v) is 7.93. The number of thioether (sulfide) groups is 1. The van der Waals surface area contributed by atoms with E-state index in [4.69, 9.17) is 0 Å². The Morgan fingerprint density at radius 2 is 2.00 bits per heavy atom. The quantitative estimate of drug-likeness (QED) is 0.921. The van der Waals surface area contributed by atoms with Crippen LogP contribution in [0, 0.1) is 11.3 Å². The average Bonchev–Trinajstić information content (AvgIpc) is 2.53. The molecule has 0 saturated carbocycles. The number of nitriles is 1. The highest BCUT2D eigenvalue weighted by Gasteiger charge is 2.29. The highest BCUT2D eigenvalue weighted by Crippen LogP contribution is 2.38. The lowest BCUT2D eigenvalue weighted by molar-refractivity contribution is -0.120. The number of hydrogen-bond donors (Lipinski definition) is 1. The van der Waals surface area contributed by atoms with Crippen LogP contribution in [0.2, 0.25) is 0 Å². The monoisotopic (exact) mass is 294 g/mol. The second-order valence-corrected chi connectivity index (χ2v) is 5.75. The highest BCUT2D eigenvalue weighted by molar-refractivity contribution is 8.02. The Morgan fingerprint density at radius 1 is 1.24 bits per heavy atom. The summed E-state index contributed by atoms with van der Waals surface area (Å²) >= 11 is 1.41. The van der Waals surface area contributed by atoms with E-state index in [2.05, 4.69) is 11.4 Å². The van der Waals surface area contributed by atoms with Crippen molar-refractivity contribution in [3.63, 3.8) is 0 Å². The van der Waals surface area contributed by atoms with Gasteiger partial charge in [0.25, 0.3) is 0 Å². The predicted octanol–water partition coefficient (Wildman–Crippen LogP) is 3.54. The Kier molecular flexibility index (Phi) is 3.68. The molecule has 0 bridgehead atoms. The maximum absolute atomic E-state index is 11.9. The molecule has 1 aliphatic heterocycles. The van der Waals surface area contributed by atoms with Gasteiger partial charge in [0, 0.05) is 12.3 Å². The molecule has 2 aromatic rings. The Hall–Kier alpha value is -2.25. The third kappa shape index (κ3) is 2.41. The van der Waals surface area contributed by atoms with Gasteiger partial charge in [-0.3, -0.25) is 4.79 Å². The number of carbonyl (C=O) groups excluding carboxylic acids is 1. The molecule has 0 radical (unpaired) electrons. The van der Waals surface area contributed by atoms with Crippen molar-refractivity contribution in [2.45, 2.75) is 12.3 Å². The standard InChI is InChI=1S/C17H14N2OS/c1-21-17-15(10-18)14(9-16(20)19-17)13-8-4-6-11-5-2-3-7-12(11)13/h2-8,14H,9H2,1H3,(H,19,20)/t14-/m1/s1. The van der Waals surface area contributed by atoms with Crippen molar-refractivity contribution in [3.8, 4) is 6.07 Å². The van der Waals surface area contributed by atoms with E-state index in [1.54, 1.807) is 0 Å². The molecule has 4 heteroatoms. The van der Waals surface area contributed by atoms with E-state index < -0.39 is 0 Å². The van der Waals surface area contributed by atoms with E-state index in [1.807, 2.05) is 48.7 Å². The third-order valence-corrected chi connectivity index (χ3v) is 4.49. The van der Waals surface area contributed by atoms with Gasteiger partial charge in [-0.15, -0.1) is 11.8 Å². The van der Waals surface area contributed by atoms with Crippen molar-refractivity contribution >= 4 is 28.4 Å². The smallest absolute Gasteiger partial charge is 0.225 e. The molecule has 3 nitrogen and oxygen atoms in total. The number of amides is 1. The summed E-state index contributed by atoms with van der Waals surface area (Å²) in [6.07, 6.45) is 2.19. The van der Waals surface area contributed by atoms with Gasteiger partial charge in [0.05, 0.1) is 16.7 Å². The van der Waals surface area contributed by atoms with Gasteiger partial charge in [-0.1, -0.05) is 42.5 Å².